The molecule has 0 amide bonds. The van der Waals surface area contributed by atoms with Crippen LogP contribution in [-0.4, -0.2) is 11.2 Å². The van der Waals surface area contributed by atoms with Gasteiger partial charge in [0.05, 0.1) is 5.69 Å². The van der Waals surface area contributed by atoms with Crippen molar-refractivity contribution in [2.45, 2.75) is 0 Å². The lowest BCUT2D eigenvalue weighted by atomic mass is 10.3. The minimum Gasteiger partial charge on any atom is -0.572 e. The summed E-state index contributed by atoms with van der Waals surface area (Å²) in [7, 11) is 0. The summed E-state index contributed by atoms with van der Waals surface area (Å²) in [6, 6.07) is 9.10. The van der Waals surface area contributed by atoms with Crippen LogP contribution >= 0.6 is 0 Å². The van der Waals surface area contributed by atoms with Crippen molar-refractivity contribution in [3.8, 4) is 0 Å². The Balaban J connectivity index is 2.42. The predicted molar refractivity (Wildman–Crippen MR) is 50.9 cm³/mol. The van der Waals surface area contributed by atoms with Crippen molar-refractivity contribution in [3.05, 3.63) is 35.5 Å². The van der Waals surface area contributed by atoms with Crippen LogP contribution in [0.4, 0.5) is 5.69 Å². The van der Waals surface area contributed by atoms with Crippen LogP contribution in [0.3, 0.4) is 0 Å². The normalized spacial score (nSPS) is 13.4. The Bertz CT molecular complexity index is 300. The molecule has 76 valence electrons. The highest BCUT2D eigenvalue weighted by molar-refractivity contribution is 5.78. The van der Waals surface area contributed by atoms with Gasteiger partial charge in [-0.3, -0.25) is 10.9 Å². The Morgan fingerprint density at radius 1 is 1.43 bits per heavy atom. The quantitative estimate of drug-likeness (QED) is 0.233. The van der Waals surface area contributed by atoms with Crippen molar-refractivity contribution < 1.29 is 10.5 Å². The maximum absolute atomic E-state index is 10.1. The van der Waals surface area contributed by atoms with E-state index < -0.39 is 5.34 Å². The predicted octanol–water partition coefficient (Wildman–Crippen LogP) is -1.40. The van der Waals surface area contributed by atoms with Gasteiger partial charge in [0.2, 0.25) is 0 Å². The fourth-order valence-electron chi connectivity index (χ4n) is 0.789. The largest absolute Gasteiger partial charge is 0.572 e. The average molecular weight is 197 g/mol. The summed E-state index contributed by atoms with van der Waals surface area (Å²) >= 11 is 0. The first kappa shape index (κ1) is 10.3. The number of rotatable bonds is 3. The van der Waals surface area contributed by atoms with Gasteiger partial charge in [-0.2, -0.15) is 5.21 Å². The highest BCUT2D eigenvalue weighted by Gasteiger charge is 1.93. The molecule has 0 spiro atoms. The molecule has 1 aromatic rings. The van der Waals surface area contributed by atoms with E-state index in [9.17, 15) is 5.21 Å². The molecule has 0 fully saturated rings. The zero-order valence-electron chi connectivity index (χ0n) is 7.27. The van der Waals surface area contributed by atoms with Gasteiger partial charge < -0.3 is 10.9 Å². The molecule has 0 radical (unpaired) electrons. The minimum atomic E-state index is -1.34. The first-order valence-electron chi connectivity index (χ1n) is 3.82. The minimum absolute atomic E-state index is 0.207. The number of para-hydroxylation sites is 1. The molecular formula is C7H11N5O2. The summed E-state index contributed by atoms with van der Waals surface area (Å²) in [6.45, 7) is 0. The smallest absolute Gasteiger partial charge is 0.270 e. The van der Waals surface area contributed by atoms with Gasteiger partial charge in [-0.1, -0.05) is 23.5 Å². The maximum Gasteiger partial charge on any atom is 0.270 e. The van der Waals surface area contributed by atoms with Crippen molar-refractivity contribution in [3.63, 3.8) is 0 Å². The molecule has 0 saturated heterocycles. The van der Waals surface area contributed by atoms with Gasteiger partial charge in [-0.05, 0) is 17.2 Å². The fourth-order valence-corrected chi connectivity index (χ4v) is 0.789. The van der Waals surface area contributed by atoms with Gasteiger partial charge >= 0.3 is 0 Å². The zero-order valence-corrected chi connectivity index (χ0v) is 7.27. The molecular weight excluding hydrogens is 186 g/mol. The standard InChI is InChI=1S/C7H11N5O2/c8-7(11-12(13)14)10-9-6-4-2-1-3-5-6/h1-5,9,12-13H,(H3,8,10,11). The molecule has 0 aliphatic rings. The Morgan fingerprint density at radius 2 is 2.07 bits per heavy atom. The van der Waals surface area contributed by atoms with Crippen molar-refractivity contribution in [2.75, 3.05) is 5.43 Å². The van der Waals surface area contributed by atoms with Crippen LogP contribution in [0.5, 0.6) is 0 Å². The lowest BCUT2D eigenvalue weighted by Crippen LogP contribution is -3.00. The molecule has 0 aliphatic carbocycles. The highest BCUT2D eigenvalue weighted by atomic mass is 16.8. The fraction of sp³-hybridized carbons (Fsp3) is 0. The number of hydrogen-bond acceptors (Lipinski definition) is 4. The summed E-state index contributed by atoms with van der Waals surface area (Å²) in [5, 5.41) is 20.0. The van der Waals surface area contributed by atoms with Crippen LogP contribution in [0.2, 0.25) is 0 Å². The molecule has 1 aromatic carbocycles. The number of nitrogens with zero attached hydrogens (tertiary/aromatic N) is 1. The van der Waals surface area contributed by atoms with E-state index in [1.165, 1.54) is 0 Å². The van der Waals surface area contributed by atoms with E-state index in [4.69, 9.17) is 10.9 Å². The van der Waals surface area contributed by atoms with Crippen molar-refractivity contribution in [2.24, 2.45) is 10.8 Å². The van der Waals surface area contributed by atoms with Crippen molar-refractivity contribution >= 4 is 11.6 Å². The molecule has 1 atom stereocenters. The number of guanidine groups is 1. The molecule has 14 heavy (non-hydrogen) atoms. The van der Waals surface area contributed by atoms with E-state index in [2.05, 4.69) is 16.0 Å². The summed E-state index contributed by atoms with van der Waals surface area (Å²) in [5.74, 6) is -0.207. The second kappa shape index (κ2) is 5.02. The Hall–Kier alpha value is -1.83. The molecule has 1 unspecified atom stereocenters. The van der Waals surface area contributed by atoms with Crippen LogP contribution in [0.15, 0.2) is 35.4 Å². The van der Waals surface area contributed by atoms with E-state index >= 15 is 0 Å². The Labute approximate surface area is 80.3 Å². The summed E-state index contributed by atoms with van der Waals surface area (Å²) in [4.78, 5) is 0. The second-order valence-corrected chi connectivity index (χ2v) is 2.40. The number of benzene rings is 1. The third kappa shape index (κ3) is 3.72. The molecule has 0 bridgehead atoms. The third-order valence-corrected chi connectivity index (χ3v) is 1.32. The lowest BCUT2D eigenvalue weighted by Gasteiger charge is -2.09. The molecule has 0 saturated carbocycles. The van der Waals surface area contributed by atoms with Crippen LogP contribution in [-0.2, 0) is 0 Å². The van der Waals surface area contributed by atoms with Crippen LogP contribution < -0.4 is 21.9 Å². The number of hydrazine groups is 1. The Kier molecular flexibility index (Phi) is 3.68. The monoisotopic (exact) mass is 197 g/mol. The molecule has 0 aliphatic heterocycles. The van der Waals surface area contributed by atoms with Crippen LogP contribution in [0, 0.1) is 5.21 Å². The van der Waals surface area contributed by atoms with Crippen molar-refractivity contribution in [1.29, 1.82) is 0 Å². The number of hydrogen-bond donors (Lipinski definition) is 5. The SMILES string of the molecule is N/C(=N\[NH+]([O-])O)NNc1ccccc1. The Morgan fingerprint density at radius 3 is 2.64 bits per heavy atom. The van der Waals surface area contributed by atoms with E-state index in [0.717, 1.165) is 5.69 Å². The molecule has 7 nitrogen and oxygen atoms in total. The van der Waals surface area contributed by atoms with E-state index in [-0.39, 0.29) is 5.96 Å². The van der Waals surface area contributed by atoms with Gasteiger partial charge in [0.25, 0.3) is 5.96 Å². The number of anilines is 1. The topological polar surface area (TPSA) is 110 Å². The van der Waals surface area contributed by atoms with Gasteiger partial charge in [-0.25, -0.2) is 0 Å². The van der Waals surface area contributed by atoms with Gasteiger partial charge in [0, 0.05) is 0 Å². The molecule has 0 aromatic heterocycles. The van der Waals surface area contributed by atoms with Crippen molar-refractivity contribution in [1.82, 2.24) is 5.43 Å². The highest BCUT2D eigenvalue weighted by Crippen LogP contribution is 2.01. The van der Waals surface area contributed by atoms with Gasteiger partial charge in [-0.15, -0.1) is 0 Å². The average Bonchev–Trinajstić information content (AvgIpc) is 2.15. The van der Waals surface area contributed by atoms with Gasteiger partial charge in [0.15, 0.2) is 0 Å². The summed E-state index contributed by atoms with van der Waals surface area (Å²) in [5.41, 5.74) is 11.1. The van der Waals surface area contributed by atoms with Crippen LogP contribution in [0.25, 0.3) is 0 Å². The third-order valence-electron chi connectivity index (χ3n) is 1.32. The molecule has 6 N–H and O–H groups in total. The second-order valence-electron chi connectivity index (χ2n) is 2.40. The summed E-state index contributed by atoms with van der Waals surface area (Å²) in [6.07, 6.45) is 0. The first-order chi connectivity index (χ1) is 6.68. The zero-order chi connectivity index (χ0) is 10.4. The number of nitrogens with one attached hydrogen (secondary N) is 3. The number of nitrogens with two attached hydrogens (primary N) is 1. The van der Waals surface area contributed by atoms with E-state index in [0.29, 0.717) is 0 Å². The van der Waals surface area contributed by atoms with Gasteiger partial charge in [0.1, 0.15) is 0 Å². The maximum atomic E-state index is 10.1. The molecule has 7 heteroatoms. The first-order valence-corrected chi connectivity index (χ1v) is 3.82. The molecule has 1 rings (SSSR count). The van der Waals surface area contributed by atoms with E-state index in [1.807, 2.05) is 18.2 Å². The summed E-state index contributed by atoms with van der Waals surface area (Å²) < 4.78 is 0. The number of quaternary nitrogens is 1. The molecule has 0 heterocycles. The van der Waals surface area contributed by atoms with E-state index in [1.54, 1.807) is 12.1 Å². The lowest BCUT2D eigenvalue weighted by molar-refractivity contribution is -1.05. The van der Waals surface area contributed by atoms with Crippen LogP contribution in [0.1, 0.15) is 0 Å².